The monoisotopic (exact) mass is 424 g/mol. The zero-order valence-corrected chi connectivity index (χ0v) is 17.6. The van der Waals surface area contributed by atoms with Gasteiger partial charge < -0.3 is 24.1 Å². The maximum atomic E-state index is 12.4. The first-order chi connectivity index (χ1) is 13.8. The molecule has 1 amide bonds. The van der Waals surface area contributed by atoms with Crippen LogP contribution in [0.15, 0.2) is 28.8 Å². The normalized spacial score (nSPS) is 11.8. The molecule has 158 valence electrons. The van der Waals surface area contributed by atoms with Gasteiger partial charge in [0.15, 0.2) is 11.5 Å². The Balaban J connectivity index is 1.95. The summed E-state index contributed by atoms with van der Waals surface area (Å²) < 4.78 is 20.8. The van der Waals surface area contributed by atoms with Crippen molar-refractivity contribution in [2.45, 2.75) is 39.8 Å². The Bertz CT molecular complexity index is 836. The Morgan fingerprint density at radius 2 is 2.03 bits per heavy atom. The number of esters is 1. The molecule has 0 spiro atoms. The predicted octanol–water partition coefficient (Wildman–Crippen LogP) is 3.62. The largest absolute Gasteiger partial charge is 0.497 e. The second kappa shape index (κ2) is 10.7. The highest BCUT2D eigenvalue weighted by Crippen LogP contribution is 2.29. The first kappa shape index (κ1) is 22.5. The van der Waals surface area contributed by atoms with Crippen molar-refractivity contribution in [3.05, 3.63) is 40.7 Å². The molecule has 8 nitrogen and oxygen atoms in total. The average molecular weight is 425 g/mol. The quantitative estimate of drug-likeness (QED) is 0.581. The third kappa shape index (κ3) is 6.67. The Morgan fingerprint density at radius 1 is 1.28 bits per heavy atom. The molecule has 0 bridgehead atoms. The lowest BCUT2D eigenvalue weighted by Gasteiger charge is -2.20. The summed E-state index contributed by atoms with van der Waals surface area (Å²) in [6.07, 6.45) is 0.0844. The van der Waals surface area contributed by atoms with Gasteiger partial charge in [-0.05, 0) is 25.0 Å². The second-order valence-electron chi connectivity index (χ2n) is 6.60. The van der Waals surface area contributed by atoms with Gasteiger partial charge in [0.05, 0.1) is 25.2 Å². The molecular weight excluding hydrogens is 400 g/mol. The predicted molar refractivity (Wildman–Crippen MR) is 106 cm³/mol. The number of carbonyl (C=O) groups excluding carboxylic acids is 2. The van der Waals surface area contributed by atoms with Crippen LogP contribution in [0.1, 0.15) is 43.4 Å². The molecule has 0 saturated heterocycles. The highest BCUT2D eigenvalue weighted by molar-refractivity contribution is 6.32. The first-order valence-electron chi connectivity index (χ1n) is 9.22. The molecule has 2 aromatic rings. The number of ether oxygens (including phenoxy) is 3. The van der Waals surface area contributed by atoms with Crippen LogP contribution in [-0.4, -0.2) is 36.8 Å². The summed E-state index contributed by atoms with van der Waals surface area (Å²) in [7, 11) is 1.55. The van der Waals surface area contributed by atoms with E-state index < -0.39 is 5.91 Å². The molecule has 1 aromatic heterocycles. The number of nitrogens with one attached hydrogen (secondary N) is 1. The molecule has 9 heteroatoms. The van der Waals surface area contributed by atoms with Gasteiger partial charge in [0.1, 0.15) is 18.1 Å². The van der Waals surface area contributed by atoms with Crippen LogP contribution in [0.3, 0.4) is 0 Å². The fraction of sp³-hybridized carbons (Fsp3) is 0.450. The van der Waals surface area contributed by atoms with Crippen molar-refractivity contribution >= 4 is 23.5 Å². The zero-order valence-electron chi connectivity index (χ0n) is 16.9. The molecule has 2 rings (SSSR count). The lowest BCUT2D eigenvalue weighted by Crippen LogP contribution is -2.40. The van der Waals surface area contributed by atoms with E-state index in [2.05, 4.69) is 10.5 Å². The van der Waals surface area contributed by atoms with Gasteiger partial charge in [0.25, 0.3) is 5.91 Å². The number of benzene rings is 1. The van der Waals surface area contributed by atoms with Gasteiger partial charge in [0.2, 0.25) is 0 Å². The van der Waals surface area contributed by atoms with E-state index in [1.165, 1.54) is 6.07 Å². The van der Waals surface area contributed by atoms with Crippen LogP contribution in [-0.2, 0) is 16.1 Å². The van der Waals surface area contributed by atoms with Gasteiger partial charge >= 0.3 is 5.97 Å². The van der Waals surface area contributed by atoms with Crippen LogP contribution in [0.5, 0.6) is 11.5 Å². The van der Waals surface area contributed by atoms with E-state index in [0.717, 1.165) is 0 Å². The van der Waals surface area contributed by atoms with Crippen molar-refractivity contribution in [1.29, 1.82) is 0 Å². The molecule has 0 aliphatic rings. The summed E-state index contributed by atoms with van der Waals surface area (Å²) in [6.45, 7) is 5.89. The van der Waals surface area contributed by atoms with Crippen molar-refractivity contribution in [1.82, 2.24) is 10.5 Å². The fourth-order valence-electron chi connectivity index (χ4n) is 2.46. The number of amides is 1. The fourth-order valence-corrected chi connectivity index (χ4v) is 2.68. The van der Waals surface area contributed by atoms with Crippen LogP contribution in [0, 0.1) is 5.92 Å². The van der Waals surface area contributed by atoms with E-state index in [1.807, 2.05) is 13.8 Å². The van der Waals surface area contributed by atoms with E-state index in [0.29, 0.717) is 28.9 Å². The second-order valence-corrected chi connectivity index (χ2v) is 7.00. The number of carbonyl (C=O) groups is 2. The van der Waals surface area contributed by atoms with Crippen LogP contribution >= 0.6 is 11.6 Å². The first-order valence-corrected chi connectivity index (χ1v) is 9.60. The average Bonchev–Trinajstić information content (AvgIpc) is 3.15. The topological polar surface area (TPSA) is 99.9 Å². The molecular formula is C20H25ClN2O6. The molecule has 0 aliphatic carbocycles. The van der Waals surface area contributed by atoms with E-state index in [9.17, 15) is 9.59 Å². The van der Waals surface area contributed by atoms with Gasteiger partial charge in [-0.1, -0.05) is 30.6 Å². The molecule has 29 heavy (non-hydrogen) atoms. The van der Waals surface area contributed by atoms with Crippen molar-refractivity contribution < 1.29 is 28.3 Å². The highest BCUT2D eigenvalue weighted by Gasteiger charge is 2.23. The van der Waals surface area contributed by atoms with E-state index in [4.69, 9.17) is 30.3 Å². The summed E-state index contributed by atoms with van der Waals surface area (Å²) >= 11 is 6.13. The Labute approximate surface area is 174 Å². The molecule has 1 unspecified atom stereocenters. The smallest absolute Gasteiger partial charge is 0.307 e. The molecule has 1 N–H and O–H groups in total. The molecule has 1 aromatic carbocycles. The highest BCUT2D eigenvalue weighted by atomic mass is 35.5. The van der Waals surface area contributed by atoms with Crippen LogP contribution in [0.2, 0.25) is 5.02 Å². The molecule has 0 saturated carbocycles. The van der Waals surface area contributed by atoms with Gasteiger partial charge in [-0.2, -0.15) is 0 Å². The van der Waals surface area contributed by atoms with E-state index >= 15 is 0 Å². The molecule has 0 radical (unpaired) electrons. The van der Waals surface area contributed by atoms with Gasteiger partial charge in [0, 0.05) is 18.2 Å². The van der Waals surface area contributed by atoms with Crippen molar-refractivity contribution in [2.75, 3.05) is 13.7 Å². The van der Waals surface area contributed by atoms with Crippen molar-refractivity contribution in [2.24, 2.45) is 5.92 Å². The van der Waals surface area contributed by atoms with Gasteiger partial charge in [-0.3, -0.25) is 9.59 Å². The third-order valence-electron chi connectivity index (χ3n) is 4.11. The summed E-state index contributed by atoms with van der Waals surface area (Å²) in [5, 5.41) is 6.95. The van der Waals surface area contributed by atoms with E-state index in [-0.39, 0.29) is 36.7 Å². The lowest BCUT2D eigenvalue weighted by molar-refractivity contribution is -0.143. The summed E-state index contributed by atoms with van der Waals surface area (Å²) in [5.74, 6) is 0.652. The van der Waals surface area contributed by atoms with Crippen LogP contribution < -0.4 is 14.8 Å². The standard InChI is InChI=1S/C20H25ClN2O6/c1-5-27-19(24)10-16(12(2)3)22-20(25)17-9-14(29-23-17)11-28-18-7-6-13(26-4)8-15(18)21/h6-9,12,16H,5,10-11H2,1-4H3,(H,22,25). The maximum Gasteiger partial charge on any atom is 0.307 e. The Kier molecular flexibility index (Phi) is 8.33. The Morgan fingerprint density at radius 3 is 2.66 bits per heavy atom. The van der Waals surface area contributed by atoms with E-state index in [1.54, 1.807) is 32.2 Å². The maximum absolute atomic E-state index is 12.4. The van der Waals surface area contributed by atoms with Gasteiger partial charge in [-0.15, -0.1) is 0 Å². The Hall–Kier alpha value is -2.74. The number of methoxy groups -OCH3 is 1. The van der Waals surface area contributed by atoms with Crippen molar-refractivity contribution in [3.63, 3.8) is 0 Å². The van der Waals surface area contributed by atoms with Crippen molar-refractivity contribution in [3.8, 4) is 11.5 Å². The number of rotatable bonds is 10. The number of hydrogen-bond acceptors (Lipinski definition) is 7. The van der Waals surface area contributed by atoms with Crippen LogP contribution in [0.4, 0.5) is 0 Å². The minimum atomic E-state index is -0.439. The summed E-state index contributed by atoms with van der Waals surface area (Å²) in [4.78, 5) is 24.2. The minimum Gasteiger partial charge on any atom is -0.497 e. The number of nitrogens with zero attached hydrogens (tertiary/aromatic N) is 1. The number of aromatic nitrogens is 1. The molecule has 1 heterocycles. The summed E-state index contributed by atoms with van der Waals surface area (Å²) in [5.41, 5.74) is 0.0962. The lowest BCUT2D eigenvalue weighted by atomic mass is 10.0. The summed E-state index contributed by atoms with van der Waals surface area (Å²) in [6, 6.07) is 6.13. The number of halogens is 1. The zero-order chi connectivity index (χ0) is 21.4. The number of hydrogen-bond donors (Lipinski definition) is 1. The SMILES string of the molecule is CCOC(=O)CC(NC(=O)c1cc(COc2ccc(OC)cc2Cl)on1)C(C)C. The molecule has 0 aliphatic heterocycles. The third-order valence-corrected chi connectivity index (χ3v) is 4.41. The molecule has 1 atom stereocenters. The molecule has 0 fully saturated rings. The van der Waals surface area contributed by atoms with Gasteiger partial charge in [-0.25, -0.2) is 0 Å². The minimum absolute atomic E-state index is 0.0373. The van der Waals surface area contributed by atoms with Crippen LogP contribution in [0.25, 0.3) is 0 Å².